The number of hydrogen-bond donors (Lipinski definition) is 0. The van der Waals surface area contributed by atoms with Gasteiger partial charge in [0.25, 0.3) is 0 Å². The van der Waals surface area contributed by atoms with E-state index in [1.807, 2.05) is 0 Å². The zero-order chi connectivity index (χ0) is 12.3. The van der Waals surface area contributed by atoms with Crippen molar-refractivity contribution >= 4 is 0 Å². The Morgan fingerprint density at radius 3 is 2.06 bits per heavy atom. The van der Waals surface area contributed by atoms with Crippen LogP contribution < -0.4 is 0 Å². The van der Waals surface area contributed by atoms with Crippen LogP contribution in [0.3, 0.4) is 0 Å². The van der Waals surface area contributed by atoms with Crippen LogP contribution in [0.15, 0.2) is 0 Å². The Morgan fingerprint density at radius 2 is 1.53 bits per heavy atom. The first-order valence-electron chi connectivity index (χ1n) is 7.53. The second-order valence-corrected chi connectivity index (χ2v) is 6.94. The van der Waals surface area contributed by atoms with E-state index in [0.717, 1.165) is 5.92 Å². The molecule has 0 aliphatic carbocycles. The van der Waals surface area contributed by atoms with E-state index in [9.17, 15) is 0 Å². The summed E-state index contributed by atoms with van der Waals surface area (Å²) in [6, 6.07) is 0. The highest BCUT2D eigenvalue weighted by atomic mass is 15.2. The van der Waals surface area contributed by atoms with Gasteiger partial charge < -0.3 is 4.90 Å². The van der Waals surface area contributed by atoms with Crippen LogP contribution in [0.1, 0.15) is 52.9 Å². The Morgan fingerprint density at radius 1 is 0.941 bits per heavy atom. The fraction of sp³-hybridized carbons (Fsp3) is 1.00. The molecule has 2 heterocycles. The number of rotatable bonds is 3. The van der Waals surface area contributed by atoms with Crippen LogP contribution in [0.25, 0.3) is 0 Å². The summed E-state index contributed by atoms with van der Waals surface area (Å²) in [4.78, 5) is 5.31. The van der Waals surface area contributed by atoms with Crippen molar-refractivity contribution in [3.63, 3.8) is 0 Å². The molecule has 100 valence electrons. The van der Waals surface area contributed by atoms with Gasteiger partial charge in [-0.3, -0.25) is 4.90 Å². The molecule has 2 rings (SSSR count). The number of likely N-dealkylation sites (tertiary alicyclic amines) is 2. The van der Waals surface area contributed by atoms with Crippen LogP contribution in [-0.2, 0) is 0 Å². The molecule has 0 aromatic rings. The maximum Gasteiger partial charge on any atom is 0.0125 e. The molecule has 2 fully saturated rings. The lowest BCUT2D eigenvalue weighted by Gasteiger charge is -2.41. The third-order valence-electron chi connectivity index (χ3n) is 4.62. The summed E-state index contributed by atoms with van der Waals surface area (Å²) >= 11 is 0. The standard InChI is InChI=1S/C15H30N2/c1-15(2,3)17-12-7-14(8-13-17)6-11-16-9-4-5-10-16/h14H,4-13H2,1-3H3. The molecular weight excluding hydrogens is 208 g/mol. The summed E-state index contributed by atoms with van der Waals surface area (Å²) in [7, 11) is 0. The van der Waals surface area contributed by atoms with Crippen molar-refractivity contribution in [1.82, 2.24) is 9.80 Å². The van der Waals surface area contributed by atoms with E-state index < -0.39 is 0 Å². The van der Waals surface area contributed by atoms with Gasteiger partial charge in [0.05, 0.1) is 0 Å². The van der Waals surface area contributed by atoms with Crippen molar-refractivity contribution in [1.29, 1.82) is 0 Å². The average Bonchev–Trinajstić information content (AvgIpc) is 2.78. The first-order chi connectivity index (χ1) is 8.05. The molecule has 2 aliphatic rings. The first kappa shape index (κ1) is 13.4. The van der Waals surface area contributed by atoms with Crippen molar-refractivity contribution < 1.29 is 0 Å². The zero-order valence-electron chi connectivity index (χ0n) is 12.0. The van der Waals surface area contributed by atoms with Gasteiger partial charge in [0.1, 0.15) is 0 Å². The molecule has 0 radical (unpaired) electrons. The highest BCUT2D eigenvalue weighted by Crippen LogP contribution is 2.26. The third-order valence-corrected chi connectivity index (χ3v) is 4.62. The summed E-state index contributed by atoms with van der Waals surface area (Å²) in [5.41, 5.74) is 0.375. The van der Waals surface area contributed by atoms with Crippen LogP contribution >= 0.6 is 0 Å². The minimum absolute atomic E-state index is 0.375. The van der Waals surface area contributed by atoms with E-state index in [-0.39, 0.29) is 0 Å². The molecule has 2 heteroatoms. The Kier molecular flexibility index (Phi) is 4.48. The SMILES string of the molecule is CC(C)(C)N1CCC(CCN2CCCC2)CC1. The normalized spacial score (nSPS) is 25.6. The first-order valence-corrected chi connectivity index (χ1v) is 7.53. The smallest absolute Gasteiger partial charge is 0.0125 e. The molecule has 0 atom stereocenters. The molecule has 0 spiro atoms. The number of nitrogens with zero attached hydrogens (tertiary/aromatic N) is 2. The van der Waals surface area contributed by atoms with Gasteiger partial charge in [-0.1, -0.05) is 0 Å². The molecular formula is C15H30N2. The van der Waals surface area contributed by atoms with E-state index in [1.165, 1.54) is 64.8 Å². The third kappa shape index (κ3) is 3.96. The summed E-state index contributed by atoms with van der Waals surface area (Å²) in [6.07, 6.45) is 7.15. The Balaban J connectivity index is 1.65. The summed E-state index contributed by atoms with van der Waals surface area (Å²) in [5, 5.41) is 0. The fourth-order valence-electron chi connectivity index (χ4n) is 3.26. The lowest BCUT2D eigenvalue weighted by Crippen LogP contribution is -2.46. The minimum atomic E-state index is 0.375. The fourth-order valence-corrected chi connectivity index (χ4v) is 3.26. The van der Waals surface area contributed by atoms with E-state index in [1.54, 1.807) is 0 Å². The highest BCUT2D eigenvalue weighted by molar-refractivity contribution is 4.82. The van der Waals surface area contributed by atoms with E-state index in [2.05, 4.69) is 30.6 Å². The van der Waals surface area contributed by atoms with Crippen molar-refractivity contribution in [3.8, 4) is 0 Å². The van der Waals surface area contributed by atoms with E-state index in [0.29, 0.717) is 5.54 Å². The lowest BCUT2D eigenvalue weighted by molar-refractivity contribution is 0.0826. The molecule has 0 bridgehead atoms. The van der Waals surface area contributed by atoms with Gasteiger partial charge in [-0.2, -0.15) is 0 Å². The molecule has 0 aromatic heterocycles. The van der Waals surface area contributed by atoms with Gasteiger partial charge in [-0.05, 0) is 91.5 Å². The minimum Gasteiger partial charge on any atom is -0.303 e. The van der Waals surface area contributed by atoms with Gasteiger partial charge in [0, 0.05) is 5.54 Å². The largest absolute Gasteiger partial charge is 0.303 e. The molecule has 2 aliphatic heterocycles. The van der Waals surface area contributed by atoms with Crippen LogP contribution in [0.4, 0.5) is 0 Å². The monoisotopic (exact) mass is 238 g/mol. The van der Waals surface area contributed by atoms with Gasteiger partial charge in [0.15, 0.2) is 0 Å². The lowest BCUT2D eigenvalue weighted by atomic mass is 9.90. The molecule has 0 aromatic carbocycles. The van der Waals surface area contributed by atoms with Gasteiger partial charge in [-0.25, -0.2) is 0 Å². The van der Waals surface area contributed by atoms with Gasteiger partial charge >= 0.3 is 0 Å². The summed E-state index contributed by atoms with van der Waals surface area (Å²) in [6.45, 7) is 13.7. The molecule has 0 amide bonds. The maximum atomic E-state index is 2.66. The average molecular weight is 238 g/mol. The Bertz CT molecular complexity index is 218. The van der Waals surface area contributed by atoms with Crippen molar-refractivity contribution in [2.45, 2.75) is 58.4 Å². The summed E-state index contributed by atoms with van der Waals surface area (Å²) < 4.78 is 0. The molecule has 2 nitrogen and oxygen atoms in total. The van der Waals surface area contributed by atoms with E-state index >= 15 is 0 Å². The zero-order valence-corrected chi connectivity index (χ0v) is 12.0. The predicted octanol–water partition coefficient (Wildman–Crippen LogP) is 2.98. The highest BCUT2D eigenvalue weighted by Gasteiger charge is 2.27. The van der Waals surface area contributed by atoms with Crippen LogP contribution in [-0.4, -0.2) is 48.1 Å². The second-order valence-electron chi connectivity index (χ2n) is 6.94. The predicted molar refractivity (Wildman–Crippen MR) is 74.3 cm³/mol. The van der Waals surface area contributed by atoms with Crippen LogP contribution in [0.2, 0.25) is 0 Å². The molecule has 0 unspecified atom stereocenters. The van der Waals surface area contributed by atoms with Gasteiger partial charge in [0.2, 0.25) is 0 Å². The Hall–Kier alpha value is -0.0800. The molecule has 0 N–H and O–H groups in total. The van der Waals surface area contributed by atoms with Gasteiger partial charge in [-0.15, -0.1) is 0 Å². The van der Waals surface area contributed by atoms with E-state index in [4.69, 9.17) is 0 Å². The number of piperidine rings is 1. The summed E-state index contributed by atoms with van der Waals surface area (Å²) in [5.74, 6) is 0.995. The number of hydrogen-bond acceptors (Lipinski definition) is 2. The molecule has 17 heavy (non-hydrogen) atoms. The quantitative estimate of drug-likeness (QED) is 0.746. The Labute approximate surface area is 107 Å². The second kappa shape index (κ2) is 5.71. The van der Waals surface area contributed by atoms with Crippen molar-refractivity contribution in [2.24, 2.45) is 5.92 Å². The molecule has 0 saturated carbocycles. The topological polar surface area (TPSA) is 6.48 Å². The van der Waals surface area contributed by atoms with Crippen LogP contribution in [0, 0.1) is 5.92 Å². The molecule has 2 saturated heterocycles. The van der Waals surface area contributed by atoms with Crippen molar-refractivity contribution in [3.05, 3.63) is 0 Å². The van der Waals surface area contributed by atoms with Crippen LogP contribution in [0.5, 0.6) is 0 Å². The maximum absolute atomic E-state index is 2.66. The van der Waals surface area contributed by atoms with Crippen molar-refractivity contribution in [2.75, 3.05) is 32.7 Å².